The standard InChI is InChI=1S/C32H32BrN3O6S/c1-17-9-20(4)30(21(5)10-17)35-28(37)15-36-31(39)27(43-32(36)40)14-22-7-8-25(26(13-22)41-6)42-16-29(38)34-24-12-19(3)18(2)11-23(24)33/h7-14H,15-16H2,1-6H3,(H,34,38)(H,35,37)/b27-14+. The highest BCUT2D eigenvalue weighted by atomic mass is 79.9. The van der Waals surface area contributed by atoms with E-state index < -0.39 is 23.6 Å². The summed E-state index contributed by atoms with van der Waals surface area (Å²) < 4.78 is 11.9. The van der Waals surface area contributed by atoms with E-state index >= 15 is 0 Å². The maximum Gasteiger partial charge on any atom is 0.294 e. The van der Waals surface area contributed by atoms with Gasteiger partial charge < -0.3 is 20.1 Å². The lowest BCUT2D eigenvalue weighted by Crippen LogP contribution is -2.36. The Balaban J connectivity index is 1.40. The van der Waals surface area contributed by atoms with Gasteiger partial charge in [-0.05, 0) is 120 Å². The topological polar surface area (TPSA) is 114 Å². The van der Waals surface area contributed by atoms with Crippen LogP contribution < -0.4 is 20.1 Å². The van der Waals surface area contributed by atoms with Crippen molar-refractivity contribution in [1.82, 2.24) is 4.90 Å². The minimum Gasteiger partial charge on any atom is -0.493 e. The summed E-state index contributed by atoms with van der Waals surface area (Å²) in [4.78, 5) is 52.0. The average Bonchev–Trinajstić information content (AvgIpc) is 3.19. The van der Waals surface area contributed by atoms with Gasteiger partial charge in [0, 0.05) is 10.2 Å². The van der Waals surface area contributed by atoms with Crippen molar-refractivity contribution in [2.24, 2.45) is 0 Å². The van der Waals surface area contributed by atoms with Crippen LogP contribution in [0.15, 0.2) is 51.8 Å². The first-order chi connectivity index (χ1) is 20.4. The molecule has 3 aromatic rings. The van der Waals surface area contributed by atoms with Gasteiger partial charge in [0.2, 0.25) is 5.91 Å². The van der Waals surface area contributed by atoms with Crippen LogP contribution in [0.4, 0.5) is 16.2 Å². The number of aryl methyl sites for hydroxylation is 5. The number of rotatable bonds is 9. The van der Waals surface area contributed by atoms with Gasteiger partial charge in [0.25, 0.3) is 17.1 Å². The van der Waals surface area contributed by atoms with Gasteiger partial charge in [0.05, 0.1) is 17.7 Å². The largest absolute Gasteiger partial charge is 0.493 e. The molecule has 43 heavy (non-hydrogen) atoms. The SMILES string of the molecule is COc1cc(/C=C2/SC(=O)N(CC(=O)Nc3c(C)cc(C)cc3C)C2=O)ccc1OCC(=O)Nc1cc(C)c(C)cc1Br. The molecule has 224 valence electrons. The predicted molar refractivity (Wildman–Crippen MR) is 173 cm³/mol. The zero-order chi connectivity index (χ0) is 31.4. The van der Waals surface area contributed by atoms with Crippen molar-refractivity contribution in [3.63, 3.8) is 0 Å². The molecule has 0 aliphatic carbocycles. The van der Waals surface area contributed by atoms with Crippen LogP contribution in [0.25, 0.3) is 6.08 Å². The van der Waals surface area contributed by atoms with E-state index in [0.717, 1.165) is 49.0 Å². The summed E-state index contributed by atoms with van der Waals surface area (Å²) in [6.45, 7) is 9.06. The number of carbonyl (C=O) groups is 4. The molecule has 3 aromatic carbocycles. The maximum atomic E-state index is 13.0. The predicted octanol–water partition coefficient (Wildman–Crippen LogP) is 6.69. The first-order valence-electron chi connectivity index (χ1n) is 13.4. The Kier molecular flexibility index (Phi) is 9.98. The number of carbonyl (C=O) groups excluding carboxylic acids is 4. The molecule has 0 bridgehead atoms. The molecule has 1 saturated heterocycles. The molecule has 1 heterocycles. The van der Waals surface area contributed by atoms with E-state index in [1.165, 1.54) is 7.11 Å². The zero-order valence-electron chi connectivity index (χ0n) is 24.7. The molecular formula is C32H32BrN3O6S. The van der Waals surface area contributed by atoms with Gasteiger partial charge in [0.1, 0.15) is 6.54 Å². The van der Waals surface area contributed by atoms with E-state index in [0.29, 0.717) is 28.4 Å². The smallest absolute Gasteiger partial charge is 0.294 e. The van der Waals surface area contributed by atoms with Crippen LogP contribution in [0.2, 0.25) is 0 Å². The molecule has 9 nitrogen and oxygen atoms in total. The third kappa shape index (κ3) is 7.66. The fourth-order valence-electron chi connectivity index (χ4n) is 4.59. The summed E-state index contributed by atoms with van der Waals surface area (Å²) in [5.41, 5.74) is 6.91. The number of anilines is 2. The van der Waals surface area contributed by atoms with Gasteiger partial charge in [-0.25, -0.2) is 0 Å². The van der Waals surface area contributed by atoms with Crippen molar-refractivity contribution >= 4 is 68.1 Å². The van der Waals surface area contributed by atoms with Gasteiger partial charge in [-0.3, -0.25) is 24.1 Å². The average molecular weight is 667 g/mol. The number of thioether (sulfide) groups is 1. The van der Waals surface area contributed by atoms with Crippen LogP contribution in [0.3, 0.4) is 0 Å². The molecule has 0 atom stereocenters. The summed E-state index contributed by atoms with van der Waals surface area (Å²) in [5.74, 6) is -0.691. The molecule has 11 heteroatoms. The summed E-state index contributed by atoms with van der Waals surface area (Å²) >= 11 is 4.22. The van der Waals surface area contributed by atoms with Crippen LogP contribution >= 0.6 is 27.7 Å². The van der Waals surface area contributed by atoms with Crippen LogP contribution in [-0.4, -0.2) is 48.1 Å². The molecule has 1 aliphatic heterocycles. The lowest BCUT2D eigenvalue weighted by molar-refractivity contribution is -0.127. The van der Waals surface area contributed by atoms with E-state index in [4.69, 9.17) is 9.47 Å². The number of ether oxygens (including phenoxy) is 2. The number of nitrogens with zero attached hydrogens (tertiary/aromatic N) is 1. The molecule has 2 N–H and O–H groups in total. The normalized spacial score (nSPS) is 13.8. The number of hydrogen-bond donors (Lipinski definition) is 2. The van der Waals surface area contributed by atoms with Gasteiger partial charge in [-0.2, -0.15) is 0 Å². The summed E-state index contributed by atoms with van der Waals surface area (Å²) in [6, 6.07) is 12.7. The Morgan fingerprint density at radius 1 is 0.884 bits per heavy atom. The molecule has 0 saturated carbocycles. The summed E-state index contributed by atoms with van der Waals surface area (Å²) in [7, 11) is 1.46. The number of methoxy groups -OCH3 is 1. The van der Waals surface area contributed by atoms with Gasteiger partial charge in [-0.15, -0.1) is 0 Å². The van der Waals surface area contributed by atoms with E-state index in [1.54, 1.807) is 24.3 Å². The summed E-state index contributed by atoms with van der Waals surface area (Å²) in [6.07, 6.45) is 1.55. The Bertz CT molecular complexity index is 1650. The maximum absolute atomic E-state index is 13.0. The number of benzene rings is 3. The lowest BCUT2D eigenvalue weighted by Gasteiger charge is -2.16. The minimum atomic E-state index is -0.559. The Morgan fingerprint density at radius 2 is 1.56 bits per heavy atom. The third-order valence-electron chi connectivity index (χ3n) is 6.82. The Morgan fingerprint density at radius 3 is 2.23 bits per heavy atom. The van der Waals surface area contributed by atoms with E-state index in [-0.39, 0.29) is 17.4 Å². The Labute approximate surface area is 263 Å². The number of halogens is 1. The monoisotopic (exact) mass is 665 g/mol. The molecule has 0 spiro atoms. The van der Waals surface area contributed by atoms with Crippen molar-refractivity contribution in [2.45, 2.75) is 34.6 Å². The molecule has 0 aromatic heterocycles. The van der Waals surface area contributed by atoms with Gasteiger partial charge in [0.15, 0.2) is 18.1 Å². The molecule has 1 fully saturated rings. The highest BCUT2D eigenvalue weighted by molar-refractivity contribution is 9.10. The quantitative estimate of drug-likeness (QED) is 0.245. The van der Waals surface area contributed by atoms with Crippen molar-refractivity contribution < 1.29 is 28.7 Å². The number of nitrogens with one attached hydrogen (secondary N) is 2. The number of imide groups is 1. The first kappa shape index (κ1) is 31.8. The summed E-state index contributed by atoms with van der Waals surface area (Å²) in [5, 5.41) is 5.12. The van der Waals surface area contributed by atoms with Crippen molar-refractivity contribution in [3.05, 3.63) is 85.2 Å². The molecule has 4 rings (SSSR count). The van der Waals surface area contributed by atoms with Crippen LogP contribution in [0.5, 0.6) is 11.5 Å². The van der Waals surface area contributed by atoms with Crippen LogP contribution in [0.1, 0.15) is 33.4 Å². The fourth-order valence-corrected chi connectivity index (χ4v) is 5.98. The molecule has 0 radical (unpaired) electrons. The second-order valence-corrected chi connectivity index (χ2v) is 12.1. The Hall–Kier alpha value is -4.09. The highest BCUT2D eigenvalue weighted by Gasteiger charge is 2.36. The highest BCUT2D eigenvalue weighted by Crippen LogP contribution is 2.35. The molecular weight excluding hydrogens is 634 g/mol. The molecule has 4 amide bonds. The lowest BCUT2D eigenvalue weighted by atomic mass is 10.1. The molecule has 1 aliphatic rings. The van der Waals surface area contributed by atoms with Crippen LogP contribution in [-0.2, 0) is 14.4 Å². The van der Waals surface area contributed by atoms with E-state index in [1.807, 2.05) is 58.9 Å². The van der Waals surface area contributed by atoms with E-state index in [9.17, 15) is 19.2 Å². The van der Waals surface area contributed by atoms with Gasteiger partial charge in [-0.1, -0.05) is 23.8 Å². The van der Waals surface area contributed by atoms with E-state index in [2.05, 4.69) is 26.6 Å². The van der Waals surface area contributed by atoms with Crippen molar-refractivity contribution in [3.8, 4) is 11.5 Å². The van der Waals surface area contributed by atoms with Crippen molar-refractivity contribution in [2.75, 3.05) is 30.9 Å². The number of hydrogen-bond acceptors (Lipinski definition) is 7. The second kappa shape index (κ2) is 13.5. The van der Waals surface area contributed by atoms with Crippen molar-refractivity contribution in [1.29, 1.82) is 0 Å². The molecule has 0 unspecified atom stereocenters. The van der Waals surface area contributed by atoms with Gasteiger partial charge >= 0.3 is 0 Å². The number of amides is 4. The third-order valence-corrected chi connectivity index (χ3v) is 8.38. The zero-order valence-corrected chi connectivity index (χ0v) is 27.1. The second-order valence-electron chi connectivity index (χ2n) is 10.3. The minimum absolute atomic E-state index is 0.176. The first-order valence-corrected chi connectivity index (χ1v) is 15.0. The van der Waals surface area contributed by atoms with Crippen LogP contribution in [0, 0.1) is 34.6 Å². The fraction of sp³-hybridized carbons (Fsp3) is 0.250.